The molecule has 1 saturated heterocycles. The van der Waals surface area contributed by atoms with Gasteiger partial charge in [-0.1, -0.05) is 12.1 Å². The average Bonchev–Trinajstić information content (AvgIpc) is 2.67. The van der Waals surface area contributed by atoms with Crippen molar-refractivity contribution in [2.24, 2.45) is 11.1 Å². The van der Waals surface area contributed by atoms with Crippen molar-refractivity contribution in [2.45, 2.75) is 45.1 Å². The highest BCUT2D eigenvalue weighted by Gasteiger charge is 2.30. The lowest BCUT2D eigenvalue weighted by Gasteiger charge is -2.34. The summed E-state index contributed by atoms with van der Waals surface area (Å²) in [5, 5.41) is 12.3. The van der Waals surface area contributed by atoms with Crippen LogP contribution in [0.2, 0.25) is 0 Å². The van der Waals surface area contributed by atoms with E-state index in [-0.39, 0.29) is 0 Å². The molecule has 14 heavy (non-hydrogen) atoms. The van der Waals surface area contributed by atoms with Crippen molar-refractivity contribution in [1.29, 1.82) is 0 Å². The predicted molar refractivity (Wildman–Crippen MR) is 56.8 cm³/mol. The molecule has 1 saturated carbocycles. The summed E-state index contributed by atoms with van der Waals surface area (Å²) in [6, 6.07) is 0.451. The van der Waals surface area contributed by atoms with Crippen molar-refractivity contribution >= 4 is 5.71 Å². The zero-order chi connectivity index (χ0) is 9.97. The summed E-state index contributed by atoms with van der Waals surface area (Å²) < 4.78 is 0. The molecule has 1 aliphatic heterocycles. The molecule has 80 valence electrons. The first-order valence-electron chi connectivity index (χ1n) is 5.76. The van der Waals surface area contributed by atoms with Gasteiger partial charge in [-0.25, -0.2) is 0 Å². The number of oxime groups is 1. The van der Waals surface area contributed by atoms with Crippen molar-refractivity contribution in [1.82, 2.24) is 4.90 Å². The number of rotatable bonds is 1. The molecule has 0 spiro atoms. The molecule has 1 unspecified atom stereocenters. The Bertz CT molecular complexity index is 219. The van der Waals surface area contributed by atoms with E-state index in [1.807, 2.05) is 0 Å². The molecule has 0 aromatic heterocycles. The predicted octanol–water partition coefficient (Wildman–Crippen LogP) is 2.10. The Morgan fingerprint density at radius 1 is 1.29 bits per heavy atom. The van der Waals surface area contributed by atoms with Crippen LogP contribution in [-0.2, 0) is 0 Å². The van der Waals surface area contributed by atoms with Gasteiger partial charge >= 0.3 is 0 Å². The summed E-state index contributed by atoms with van der Waals surface area (Å²) in [6.45, 7) is 4.70. The fraction of sp³-hybridized carbons (Fsp3) is 0.909. The Morgan fingerprint density at radius 3 is 2.64 bits per heavy atom. The highest BCUT2D eigenvalue weighted by Crippen LogP contribution is 2.26. The van der Waals surface area contributed by atoms with Crippen molar-refractivity contribution in [2.75, 3.05) is 13.1 Å². The van der Waals surface area contributed by atoms with Gasteiger partial charge in [-0.15, -0.1) is 0 Å². The third kappa shape index (κ3) is 1.92. The first-order chi connectivity index (χ1) is 6.81. The number of hydrogen-bond acceptors (Lipinski definition) is 3. The normalized spacial score (nSPS) is 34.1. The lowest BCUT2D eigenvalue weighted by atomic mass is 9.97. The smallest absolute Gasteiger partial charge is 0.0742 e. The molecular weight excluding hydrogens is 176 g/mol. The van der Waals surface area contributed by atoms with Gasteiger partial charge in [0.15, 0.2) is 0 Å². The SMILES string of the molecule is CC1CCN(C2CCC/C2=N/O)CC1. The van der Waals surface area contributed by atoms with Crippen LogP contribution in [0.15, 0.2) is 5.16 Å². The van der Waals surface area contributed by atoms with Gasteiger partial charge in [-0.05, 0) is 51.1 Å². The summed E-state index contributed by atoms with van der Waals surface area (Å²) in [5.41, 5.74) is 1.01. The minimum atomic E-state index is 0.451. The van der Waals surface area contributed by atoms with Gasteiger partial charge in [-0.2, -0.15) is 0 Å². The van der Waals surface area contributed by atoms with E-state index < -0.39 is 0 Å². The molecule has 0 amide bonds. The molecule has 1 aliphatic carbocycles. The number of piperidine rings is 1. The second kappa shape index (κ2) is 4.30. The fourth-order valence-corrected chi connectivity index (χ4v) is 2.66. The van der Waals surface area contributed by atoms with E-state index in [9.17, 15) is 0 Å². The van der Waals surface area contributed by atoms with E-state index in [0.29, 0.717) is 6.04 Å². The third-order valence-corrected chi connectivity index (χ3v) is 3.68. The Labute approximate surface area is 85.8 Å². The van der Waals surface area contributed by atoms with Crippen LogP contribution in [-0.4, -0.2) is 35.0 Å². The van der Waals surface area contributed by atoms with Crippen molar-refractivity contribution < 1.29 is 5.21 Å². The van der Waals surface area contributed by atoms with E-state index in [4.69, 9.17) is 5.21 Å². The van der Waals surface area contributed by atoms with E-state index in [0.717, 1.165) is 18.1 Å². The second-order valence-corrected chi connectivity index (χ2v) is 4.72. The van der Waals surface area contributed by atoms with E-state index >= 15 is 0 Å². The maximum absolute atomic E-state index is 8.88. The summed E-state index contributed by atoms with van der Waals surface area (Å²) in [6.07, 6.45) is 5.97. The van der Waals surface area contributed by atoms with Gasteiger partial charge in [0.25, 0.3) is 0 Å². The largest absolute Gasteiger partial charge is 0.411 e. The zero-order valence-electron chi connectivity index (χ0n) is 8.95. The lowest BCUT2D eigenvalue weighted by molar-refractivity contribution is 0.167. The van der Waals surface area contributed by atoms with Crippen LogP contribution in [0.1, 0.15) is 39.0 Å². The second-order valence-electron chi connectivity index (χ2n) is 4.72. The van der Waals surface area contributed by atoms with E-state index in [1.54, 1.807) is 0 Å². The van der Waals surface area contributed by atoms with Gasteiger partial charge in [-0.3, -0.25) is 4.90 Å². The summed E-state index contributed by atoms with van der Waals surface area (Å²) >= 11 is 0. The topological polar surface area (TPSA) is 35.8 Å². The minimum absolute atomic E-state index is 0.451. The molecule has 0 aromatic carbocycles. The van der Waals surface area contributed by atoms with Gasteiger partial charge < -0.3 is 5.21 Å². The minimum Gasteiger partial charge on any atom is -0.411 e. The van der Waals surface area contributed by atoms with Gasteiger partial charge in [0.05, 0.1) is 11.8 Å². The fourth-order valence-electron chi connectivity index (χ4n) is 2.66. The first-order valence-corrected chi connectivity index (χ1v) is 5.76. The molecule has 3 nitrogen and oxygen atoms in total. The molecule has 0 radical (unpaired) electrons. The van der Waals surface area contributed by atoms with Crippen LogP contribution >= 0.6 is 0 Å². The molecule has 1 atom stereocenters. The van der Waals surface area contributed by atoms with Crippen LogP contribution in [0.25, 0.3) is 0 Å². The maximum atomic E-state index is 8.88. The van der Waals surface area contributed by atoms with Gasteiger partial charge in [0.2, 0.25) is 0 Å². The molecule has 2 rings (SSSR count). The van der Waals surface area contributed by atoms with Crippen molar-refractivity contribution in [3.05, 3.63) is 0 Å². The molecule has 1 N–H and O–H groups in total. The van der Waals surface area contributed by atoms with Gasteiger partial charge in [0.1, 0.15) is 0 Å². The van der Waals surface area contributed by atoms with Crippen molar-refractivity contribution in [3.63, 3.8) is 0 Å². The monoisotopic (exact) mass is 196 g/mol. The summed E-state index contributed by atoms with van der Waals surface area (Å²) in [5.74, 6) is 0.877. The van der Waals surface area contributed by atoms with E-state index in [2.05, 4.69) is 17.0 Å². The molecule has 3 heteroatoms. The van der Waals surface area contributed by atoms with Crippen LogP contribution in [0.3, 0.4) is 0 Å². The standard InChI is InChI=1S/C11H20N2O/c1-9-5-7-13(8-6-9)11-4-2-3-10(11)12-14/h9,11,14H,2-8H2,1H3/b12-10-. The van der Waals surface area contributed by atoms with Crippen LogP contribution in [0, 0.1) is 5.92 Å². The molecule has 0 aromatic rings. The quantitative estimate of drug-likeness (QED) is 0.515. The highest BCUT2D eigenvalue weighted by molar-refractivity contribution is 5.90. The Kier molecular flexibility index (Phi) is 3.06. The van der Waals surface area contributed by atoms with Crippen LogP contribution in [0.5, 0.6) is 0 Å². The Hall–Kier alpha value is -0.570. The van der Waals surface area contributed by atoms with Gasteiger partial charge in [0, 0.05) is 0 Å². The third-order valence-electron chi connectivity index (χ3n) is 3.68. The number of nitrogens with zero attached hydrogens (tertiary/aromatic N) is 2. The molecule has 2 fully saturated rings. The molecular formula is C11H20N2O. The highest BCUT2D eigenvalue weighted by atomic mass is 16.4. The number of hydrogen-bond donors (Lipinski definition) is 1. The summed E-state index contributed by atoms with van der Waals surface area (Å²) in [4.78, 5) is 2.50. The van der Waals surface area contributed by atoms with Crippen LogP contribution in [0.4, 0.5) is 0 Å². The Balaban J connectivity index is 1.94. The Morgan fingerprint density at radius 2 is 2.00 bits per heavy atom. The molecule has 0 bridgehead atoms. The van der Waals surface area contributed by atoms with Crippen molar-refractivity contribution in [3.8, 4) is 0 Å². The van der Waals surface area contributed by atoms with E-state index in [1.165, 1.54) is 38.8 Å². The lowest BCUT2D eigenvalue weighted by Crippen LogP contribution is -2.43. The molecule has 2 aliphatic rings. The first kappa shape index (κ1) is 9.97. The summed E-state index contributed by atoms with van der Waals surface area (Å²) in [7, 11) is 0. The average molecular weight is 196 g/mol. The van der Waals surface area contributed by atoms with Crippen LogP contribution < -0.4 is 0 Å². The molecule has 1 heterocycles. The zero-order valence-corrected chi connectivity index (χ0v) is 8.95. The maximum Gasteiger partial charge on any atom is 0.0742 e. The number of likely N-dealkylation sites (tertiary alicyclic amines) is 1.